The number of thiazole rings is 1. The molecule has 2 heterocycles. The van der Waals surface area contributed by atoms with Gasteiger partial charge in [-0.1, -0.05) is 30.2 Å². The largest absolute Gasteiger partial charge is 0.494 e. The molecule has 0 amide bonds. The highest BCUT2D eigenvalue weighted by Crippen LogP contribution is 2.31. The Morgan fingerprint density at radius 1 is 1.27 bits per heavy atom. The van der Waals surface area contributed by atoms with Crippen LogP contribution in [0.15, 0.2) is 29.6 Å². The van der Waals surface area contributed by atoms with Crippen molar-refractivity contribution in [1.82, 2.24) is 9.88 Å². The zero-order chi connectivity index (χ0) is 21.4. The molecule has 1 aliphatic heterocycles. The molecule has 0 bridgehead atoms. The number of hydrogen-bond acceptors (Lipinski definition) is 7. The lowest BCUT2D eigenvalue weighted by Crippen LogP contribution is -2.53. The monoisotopic (exact) mass is 454 g/mol. The molecule has 1 aliphatic rings. The fraction of sp³-hybridized carbons (Fsp3) is 0.591. The molecule has 0 saturated carbocycles. The number of aliphatic hydroxyl groups excluding tert-OH is 1. The molecule has 1 fully saturated rings. The van der Waals surface area contributed by atoms with E-state index in [9.17, 15) is 5.11 Å². The molecule has 6 nitrogen and oxygen atoms in total. The quantitative estimate of drug-likeness (QED) is 0.502. The predicted octanol–water partition coefficient (Wildman–Crippen LogP) is 3.84. The number of aromatic nitrogens is 1. The summed E-state index contributed by atoms with van der Waals surface area (Å²) in [5.74, 6) is -0.528. The highest BCUT2D eigenvalue weighted by atomic mass is 35.5. The average molecular weight is 455 g/mol. The summed E-state index contributed by atoms with van der Waals surface area (Å²) >= 11 is 7.22. The minimum atomic E-state index is -1.41. The van der Waals surface area contributed by atoms with Crippen molar-refractivity contribution in [3.05, 3.63) is 45.4 Å². The Balaban J connectivity index is 1.47. The molecule has 2 aromatic rings. The third kappa shape index (κ3) is 6.64. The van der Waals surface area contributed by atoms with Gasteiger partial charge in [-0.3, -0.25) is 4.90 Å². The van der Waals surface area contributed by atoms with Crippen LogP contribution < -0.4 is 4.74 Å². The molecule has 8 heteroatoms. The first-order valence-electron chi connectivity index (χ1n) is 10.5. The van der Waals surface area contributed by atoms with Crippen molar-refractivity contribution in [2.24, 2.45) is 0 Å². The number of hydrogen-bond donors (Lipinski definition) is 2. The Hall–Kier alpha value is -1.22. The Morgan fingerprint density at radius 3 is 2.73 bits per heavy atom. The van der Waals surface area contributed by atoms with E-state index in [2.05, 4.69) is 28.9 Å². The van der Waals surface area contributed by atoms with Crippen molar-refractivity contribution >= 4 is 22.9 Å². The summed E-state index contributed by atoms with van der Waals surface area (Å²) in [4.78, 5) is 6.43. The Kier molecular flexibility index (Phi) is 8.92. The van der Waals surface area contributed by atoms with Crippen LogP contribution in [-0.4, -0.2) is 59.0 Å². The van der Waals surface area contributed by atoms with Crippen LogP contribution in [0.3, 0.4) is 0 Å². The van der Waals surface area contributed by atoms with Crippen LogP contribution in [0, 0.1) is 0 Å². The normalized spacial score (nSPS) is 20.9. The third-order valence-corrected chi connectivity index (χ3v) is 6.39. The van der Waals surface area contributed by atoms with E-state index in [0.717, 1.165) is 44.4 Å². The van der Waals surface area contributed by atoms with Gasteiger partial charge in [-0.15, -0.1) is 11.3 Å². The molecule has 2 unspecified atom stereocenters. The summed E-state index contributed by atoms with van der Waals surface area (Å²) in [6.07, 6.45) is 4.86. The van der Waals surface area contributed by atoms with Crippen molar-refractivity contribution in [2.45, 2.75) is 50.9 Å². The number of halogens is 1. The molecule has 2 N–H and O–H groups in total. The second kappa shape index (κ2) is 11.4. The topological polar surface area (TPSA) is 75.1 Å². The van der Waals surface area contributed by atoms with Crippen LogP contribution in [0.4, 0.5) is 0 Å². The van der Waals surface area contributed by atoms with Gasteiger partial charge >= 0.3 is 0 Å². The predicted molar refractivity (Wildman–Crippen MR) is 119 cm³/mol. The molecule has 0 spiro atoms. The number of ether oxygens (including phenoxy) is 2. The van der Waals surface area contributed by atoms with Crippen LogP contribution in [0.5, 0.6) is 5.75 Å². The first-order valence-corrected chi connectivity index (χ1v) is 11.8. The lowest BCUT2D eigenvalue weighted by Gasteiger charge is -2.41. The maximum Gasteiger partial charge on any atom is 0.224 e. The first kappa shape index (κ1) is 23.4. The first-order chi connectivity index (χ1) is 14.5. The number of unbranched alkanes of at least 4 members (excludes halogenated alkanes) is 3. The van der Waals surface area contributed by atoms with Crippen molar-refractivity contribution in [3.63, 3.8) is 0 Å². The molecule has 0 aliphatic carbocycles. The molecular weight excluding hydrogens is 424 g/mol. The minimum Gasteiger partial charge on any atom is -0.494 e. The van der Waals surface area contributed by atoms with Gasteiger partial charge in [0, 0.05) is 24.6 Å². The van der Waals surface area contributed by atoms with Crippen LogP contribution in [0.1, 0.15) is 43.9 Å². The lowest BCUT2D eigenvalue weighted by atomic mass is 10.0. The van der Waals surface area contributed by atoms with E-state index in [0.29, 0.717) is 29.9 Å². The second-order valence-electron chi connectivity index (χ2n) is 7.77. The highest BCUT2D eigenvalue weighted by molar-refractivity contribution is 7.13. The summed E-state index contributed by atoms with van der Waals surface area (Å²) in [5, 5.41) is 21.5. The second-order valence-corrected chi connectivity index (χ2v) is 9.21. The van der Waals surface area contributed by atoms with Crippen molar-refractivity contribution in [3.8, 4) is 5.75 Å². The standard InChI is InChI=1S/C22H31ClN2O4S/c1-17(25-10-13-29-22(27,16-25)20-15-30-21(23)24-20)14-18-6-8-19(9-7-18)28-12-5-3-2-4-11-26/h6-9,15,17,26-27H,2-5,10-14,16H2,1H3. The molecule has 30 heavy (non-hydrogen) atoms. The number of rotatable bonds is 11. The van der Waals surface area contributed by atoms with Gasteiger partial charge < -0.3 is 19.7 Å². The van der Waals surface area contributed by atoms with Gasteiger partial charge in [-0.05, 0) is 50.3 Å². The van der Waals surface area contributed by atoms with Gasteiger partial charge in [0.25, 0.3) is 0 Å². The molecule has 1 saturated heterocycles. The fourth-order valence-corrected chi connectivity index (χ4v) is 4.47. The van der Waals surface area contributed by atoms with Crippen LogP contribution in [0.25, 0.3) is 0 Å². The summed E-state index contributed by atoms with van der Waals surface area (Å²) in [5.41, 5.74) is 1.71. The number of benzene rings is 1. The smallest absolute Gasteiger partial charge is 0.224 e. The Labute approximate surface area is 187 Å². The van der Waals surface area contributed by atoms with Gasteiger partial charge in [0.15, 0.2) is 4.47 Å². The van der Waals surface area contributed by atoms with Crippen molar-refractivity contribution < 1.29 is 19.7 Å². The van der Waals surface area contributed by atoms with E-state index in [-0.39, 0.29) is 12.6 Å². The number of β-amino-alcohol motifs (C(OH)–C–C–N with tert-alkyl or cyclic N) is 1. The van der Waals surface area contributed by atoms with E-state index >= 15 is 0 Å². The molecule has 0 radical (unpaired) electrons. The summed E-state index contributed by atoms with van der Waals surface area (Å²) < 4.78 is 11.9. The van der Waals surface area contributed by atoms with E-state index < -0.39 is 5.79 Å². The molecular formula is C22H31ClN2O4S. The van der Waals surface area contributed by atoms with Gasteiger partial charge in [-0.2, -0.15) is 0 Å². The average Bonchev–Trinajstić information content (AvgIpc) is 3.19. The molecule has 1 aromatic carbocycles. The van der Waals surface area contributed by atoms with E-state index in [1.807, 2.05) is 12.1 Å². The van der Waals surface area contributed by atoms with Crippen LogP contribution >= 0.6 is 22.9 Å². The van der Waals surface area contributed by atoms with Crippen LogP contribution in [-0.2, 0) is 16.9 Å². The molecule has 2 atom stereocenters. The zero-order valence-corrected chi connectivity index (χ0v) is 19.0. The zero-order valence-electron chi connectivity index (χ0n) is 17.4. The van der Waals surface area contributed by atoms with Gasteiger partial charge in [-0.25, -0.2) is 4.98 Å². The van der Waals surface area contributed by atoms with Crippen molar-refractivity contribution in [1.29, 1.82) is 0 Å². The SMILES string of the molecule is CC(Cc1ccc(OCCCCCCO)cc1)N1CCOC(O)(c2csc(Cl)n2)C1. The van der Waals surface area contributed by atoms with Crippen LogP contribution in [0.2, 0.25) is 4.47 Å². The van der Waals surface area contributed by atoms with Gasteiger partial charge in [0.2, 0.25) is 5.79 Å². The number of nitrogens with zero attached hydrogens (tertiary/aromatic N) is 2. The summed E-state index contributed by atoms with van der Waals surface area (Å²) in [7, 11) is 0. The molecule has 166 valence electrons. The third-order valence-electron chi connectivity index (χ3n) is 5.41. The van der Waals surface area contributed by atoms with Gasteiger partial charge in [0.1, 0.15) is 11.4 Å². The maximum atomic E-state index is 10.9. The summed E-state index contributed by atoms with van der Waals surface area (Å²) in [6.45, 7) is 4.71. The van der Waals surface area contributed by atoms with Crippen molar-refractivity contribution in [2.75, 3.05) is 32.9 Å². The number of morpholine rings is 1. The Morgan fingerprint density at radius 2 is 2.03 bits per heavy atom. The van der Waals surface area contributed by atoms with E-state index in [1.54, 1.807) is 5.38 Å². The Bertz CT molecular complexity index is 773. The number of aliphatic hydroxyl groups is 2. The lowest BCUT2D eigenvalue weighted by molar-refractivity contribution is -0.253. The highest BCUT2D eigenvalue weighted by Gasteiger charge is 2.39. The maximum absolute atomic E-state index is 10.9. The fourth-order valence-electron chi connectivity index (χ4n) is 3.64. The van der Waals surface area contributed by atoms with E-state index in [4.69, 9.17) is 26.2 Å². The minimum absolute atomic E-state index is 0.243. The molecule has 1 aromatic heterocycles. The molecule has 3 rings (SSSR count). The van der Waals surface area contributed by atoms with Gasteiger partial charge in [0.05, 0.1) is 19.8 Å². The summed E-state index contributed by atoms with van der Waals surface area (Å²) in [6, 6.07) is 8.48. The van der Waals surface area contributed by atoms with E-state index in [1.165, 1.54) is 16.9 Å².